The van der Waals surface area contributed by atoms with Gasteiger partial charge in [0.1, 0.15) is 11.5 Å². The van der Waals surface area contributed by atoms with E-state index in [0.29, 0.717) is 12.4 Å². The van der Waals surface area contributed by atoms with Crippen LogP contribution in [0.4, 0.5) is 0 Å². The van der Waals surface area contributed by atoms with Gasteiger partial charge in [-0.3, -0.25) is 0 Å². The summed E-state index contributed by atoms with van der Waals surface area (Å²) in [5.74, 6) is 1.04. The molecule has 0 aliphatic heterocycles. The fourth-order valence-electron chi connectivity index (χ4n) is 6.16. The number of benzene rings is 2. The zero-order valence-corrected chi connectivity index (χ0v) is 32.0. The predicted octanol–water partition coefficient (Wildman–Crippen LogP) is 11.6. The molecule has 1 atom stereocenters. The molecule has 5 heteroatoms. The van der Waals surface area contributed by atoms with Crippen LogP contribution in [0.5, 0.6) is 0 Å². The summed E-state index contributed by atoms with van der Waals surface area (Å²) < 4.78 is 18.0. The molecule has 0 amide bonds. The van der Waals surface area contributed by atoms with Crippen LogP contribution >= 0.6 is 0 Å². The van der Waals surface area contributed by atoms with Gasteiger partial charge in [-0.1, -0.05) is 91.8 Å². The Balaban J connectivity index is 1.86. The van der Waals surface area contributed by atoms with Crippen molar-refractivity contribution in [1.82, 2.24) is 0 Å². The molecular formula is C41H60O4Si. The van der Waals surface area contributed by atoms with Crippen LogP contribution in [0.1, 0.15) is 115 Å². The van der Waals surface area contributed by atoms with Gasteiger partial charge in [-0.2, -0.15) is 0 Å². The van der Waals surface area contributed by atoms with Crippen LogP contribution in [-0.4, -0.2) is 27.0 Å². The molecule has 0 saturated carbocycles. The summed E-state index contributed by atoms with van der Waals surface area (Å²) in [4.78, 5) is 11.7. The van der Waals surface area contributed by atoms with E-state index in [1.165, 1.54) is 33.9 Å². The quantitative estimate of drug-likeness (QED) is 0.106. The first-order valence-electron chi connectivity index (χ1n) is 17.2. The number of esters is 1. The Morgan fingerprint density at radius 3 is 2.00 bits per heavy atom. The van der Waals surface area contributed by atoms with Gasteiger partial charge in [-0.25, -0.2) is 4.79 Å². The number of hydrogen-bond acceptors (Lipinski definition) is 4. The molecule has 0 saturated heterocycles. The summed E-state index contributed by atoms with van der Waals surface area (Å²) >= 11 is 0. The summed E-state index contributed by atoms with van der Waals surface area (Å²) in [7, 11) is -1.88. The first kappa shape index (κ1) is 37.6. The Bertz CT molecular complexity index is 1490. The first-order valence-corrected chi connectivity index (χ1v) is 20.1. The fraction of sp³-hybridized carbons (Fsp3) is 0.537. The Labute approximate surface area is 281 Å². The Morgan fingerprint density at radius 2 is 1.48 bits per heavy atom. The van der Waals surface area contributed by atoms with Crippen molar-refractivity contribution in [2.75, 3.05) is 6.61 Å². The van der Waals surface area contributed by atoms with Crippen LogP contribution in [0.15, 0.2) is 59.0 Å². The van der Waals surface area contributed by atoms with Gasteiger partial charge in [0.2, 0.25) is 0 Å². The monoisotopic (exact) mass is 644 g/mol. The smallest absolute Gasteiger partial charge is 0.330 e. The van der Waals surface area contributed by atoms with Crippen molar-refractivity contribution >= 4 is 20.4 Å². The van der Waals surface area contributed by atoms with Gasteiger partial charge < -0.3 is 13.6 Å². The first-order chi connectivity index (χ1) is 21.4. The highest BCUT2D eigenvalue weighted by Gasteiger charge is 2.41. The predicted molar refractivity (Wildman–Crippen MR) is 197 cm³/mol. The normalized spacial score (nSPS) is 13.8. The minimum Gasteiger partial charge on any atom is -0.463 e. The maximum absolute atomic E-state index is 11.7. The standard InChI is InChI=1S/C41H60O4Si/c1-14-41(15-2,33-20-23-35(30(5)28-33)36-24-21-34(44-36)22-26-38(42)43-16-3)32-19-17-31(29(4)27-32)18-25-37(39(6,7)8)45-46(12,13)40(9,10)11/h17,19-24,26-28,37H,14-16,18,25H2,1-13H3/b26-22+. The third kappa shape index (κ3) is 8.71. The zero-order chi connectivity index (χ0) is 34.5. The minimum absolute atomic E-state index is 0.0807. The summed E-state index contributed by atoms with van der Waals surface area (Å²) in [5, 5.41) is 0.192. The molecule has 0 aliphatic carbocycles. The van der Waals surface area contributed by atoms with E-state index in [2.05, 4.69) is 119 Å². The van der Waals surface area contributed by atoms with Crippen molar-refractivity contribution in [2.45, 2.75) is 131 Å². The van der Waals surface area contributed by atoms with Gasteiger partial charge in [-0.05, 0) is 116 Å². The number of carbonyl (C=O) groups excluding carboxylic acids is 1. The van der Waals surface area contributed by atoms with E-state index in [4.69, 9.17) is 13.6 Å². The van der Waals surface area contributed by atoms with E-state index >= 15 is 0 Å². The van der Waals surface area contributed by atoms with E-state index in [-0.39, 0.29) is 27.9 Å². The molecule has 4 nitrogen and oxygen atoms in total. The molecule has 46 heavy (non-hydrogen) atoms. The van der Waals surface area contributed by atoms with Crippen LogP contribution in [0, 0.1) is 19.3 Å². The third-order valence-electron chi connectivity index (χ3n) is 10.3. The van der Waals surface area contributed by atoms with E-state index in [0.717, 1.165) is 37.0 Å². The van der Waals surface area contributed by atoms with Crippen LogP contribution in [0.25, 0.3) is 17.4 Å². The highest BCUT2D eigenvalue weighted by atomic mass is 28.4. The maximum Gasteiger partial charge on any atom is 0.330 e. The molecule has 3 rings (SSSR count). The summed E-state index contributed by atoms with van der Waals surface area (Å²) in [6, 6.07) is 17.8. The number of ether oxygens (including phenoxy) is 1. The van der Waals surface area contributed by atoms with Crippen LogP contribution in [0.2, 0.25) is 18.1 Å². The van der Waals surface area contributed by atoms with Gasteiger partial charge in [0, 0.05) is 17.1 Å². The molecule has 3 aromatic rings. The molecule has 1 heterocycles. The average molecular weight is 645 g/mol. The van der Waals surface area contributed by atoms with Crippen molar-refractivity contribution in [3.05, 3.63) is 88.2 Å². The molecule has 2 aromatic carbocycles. The lowest BCUT2D eigenvalue weighted by molar-refractivity contribution is -0.137. The summed E-state index contributed by atoms with van der Waals surface area (Å²) in [5.41, 5.74) is 7.70. The van der Waals surface area contributed by atoms with E-state index in [1.54, 1.807) is 13.0 Å². The minimum atomic E-state index is -1.88. The van der Waals surface area contributed by atoms with E-state index in [1.807, 2.05) is 12.1 Å². The number of carbonyl (C=O) groups is 1. The van der Waals surface area contributed by atoms with Crippen molar-refractivity contribution in [3.63, 3.8) is 0 Å². The summed E-state index contributed by atoms with van der Waals surface area (Å²) in [6.07, 6.45) is 7.34. The lowest BCUT2D eigenvalue weighted by atomic mass is 9.69. The van der Waals surface area contributed by atoms with Gasteiger partial charge in [0.25, 0.3) is 0 Å². The second-order valence-corrected chi connectivity index (χ2v) is 20.3. The van der Waals surface area contributed by atoms with Crippen molar-refractivity contribution in [1.29, 1.82) is 0 Å². The van der Waals surface area contributed by atoms with Crippen molar-refractivity contribution in [2.24, 2.45) is 5.41 Å². The molecule has 0 N–H and O–H groups in total. The highest BCUT2D eigenvalue weighted by Crippen LogP contribution is 2.43. The molecule has 1 unspecified atom stereocenters. The van der Waals surface area contributed by atoms with E-state index < -0.39 is 8.32 Å². The molecule has 0 spiro atoms. The van der Waals surface area contributed by atoms with Crippen molar-refractivity contribution < 1.29 is 18.4 Å². The van der Waals surface area contributed by atoms with Gasteiger partial charge in [0.15, 0.2) is 8.32 Å². The van der Waals surface area contributed by atoms with Crippen LogP contribution < -0.4 is 0 Å². The molecule has 0 radical (unpaired) electrons. The topological polar surface area (TPSA) is 48.7 Å². The lowest BCUT2D eigenvalue weighted by Gasteiger charge is -2.43. The molecule has 252 valence electrons. The number of furan rings is 1. The highest BCUT2D eigenvalue weighted by molar-refractivity contribution is 6.74. The van der Waals surface area contributed by atoms with Gasteiger partial charge in [0.05, 0.1) is 12.7 Å². The Kier molecular flexibility index (Phi) is 12.2. The molecule has 0 fully saturated rings. The van der Waals surface area contributed by atoms with Gasteiger partial charge >= 0.3 is 5.97 Å². The van der Waals surface area contributed by atoms with E-state index in [9.17, 15) is 4.79 Å². The van der Waals surface area contributed by atoms with Crippen LogP contribution in [-0.2, 0) is 25.8 Å². The second-order valence-electron chi connectivity index (χ2n) is 15.5. The number of aryl methyl sites for hydroxylation is 3. The average Bonchev–Trinajstić information content (AvgIpc) is 3.43. The Morgan fingerprint density at radius 1 is 0.870 bits per heavy atom. The molecule has 0 aliphatic rings. The Hall–Kier alpha value is -2.89. The third-order valence-corrected chi connectivity index (χ3v) is 14.8. The zero-order valence-electron chi connectivity index (χ0n) is 31.0. The molecular weight excluding hydrogens is 585 g/mol. The lowest BCUT2D eigenvalue weighted by Crippen LogP contribution is -2.47. The van der Waals surface area contributed by atoms with Crippen LogP contribution in [0.3, 0.4) is 0 Å². The van der Waals surface area contributed by atoms with Crippen molar-refractivity contribution in [3.8, 4) is 11.3 Å². The fourth-order valence-corrected chi connectivity index (χ4v) is 7.70. The largest absolute Gasteiger partial charge is 0.463 e. The second kappa shape index (κ2) is 14.9. The van der Waals surface area contributed by atoms with Gasteiger partial charge in [-0.15, -0.1) is 0 Å². The SMILES string of the molecule is CCOC(=O)/C=C/c1ccc(-c2ccc(C(CC)(CC)c3ccc(CCC(O[Si](C)(C)C(C)(C)C)C(C)(C)C)c(C)c3)cc2C)o1. The summed E-state index contributed by atoms with van der Waals surface area (Å²) in [6.45, 7) is 29.8. The number of rotatable bonds is 13. The molecule has 0 bridgehead atoms. The molecule has 1 aromatic heterocycles. The maximum atomic E-state index is 11.7. The number of hydrogen-bond donors (Lipinski definition) is 0.